The Bertz CT molecular complexity index is 953. The molecule has 0 aliphatic heterocycles. The van der Waals surface area contributed by atoms with Crippen molar-refractivity contribution in [3.63, 3.8) is 0 Å². The van der Waals surface area contributed by atoms with Gasteiger partial charge in [0.15, 0.2) is 0 Å². The monoisotopic (exact) mass is 453 g/mol. The molecule has 0 N–H and O–H groups in total. The summed E-state index contributed by atoms with van der Waals surface area (Å²) in [7, 11) is 0. The molecule has 1 heterocycles. The van der Waals surface area contributed by atoms with Gasteiger partial charge >= 0.3 is 0 Å². The number of thiazole rings is 1. The van der Waals surface area contributed by atoms with Crippen molar-refractivity contribution in [3.8, 4) is 11.5 Å². The van der Waals surface area contributed by atoms with Crippen LogP contribution >= 0.6 is 11.3 Å². The lowest BCUT2D eigenvalue weighted by Crippen LogP contribution is -1.97. The average Bonchev–Trinajstić information content (AvgIpc) is 3.23. The lowest BCUT2D eigenvalue weighted by atomic mass is 10.1. The van der Waals surface area contributed by atoms with Crippen LogP contribution in [0.3, 0.4) is 0 Å². The molecule has 5 nitrogen and oxygen atoms in total. The van der Waals surface area contributed by atoms with E-state index in [4.69, 9.17) is 9.47 Å². The predicted molar refractivity (Wildman–Crippen MR) is 134 cm³/mol. The Hall–Kier alpha value is -2.47. The summed E-state index contributed by atoms with van der Waals surface area (Å²) in [4.78, 5) is 4.56. The van der Waals surface area contributed by atoms with E-state index >= 15 is 0 Å². The molecule has 0 fully saturated rings. The summed E-state index contributed by atoms with van der Waals surface area (Å²) in [6, 6.07) is 13.7. The van der Waals surface area contributed by atoms with Gasteiger partial charge in [-0.2, -0.15) is 0 Å². The molecule has 0 spiro atoms. The van der Waals surface area contributed by atoms with Crippen molar-refractivity contribution in [1.82, 2.24) is 4.98 Å². The van der Waals surface area contributed by atoms with Gasteiger partial charge in [-0.1, -0.05) is 70.1 Å². The maximum absolute atomic E-state index is 5.95. The minimum Gasteiger partial charge on any atom is -0.494 e. The lowest BCUT2D eigenvalue weighted by Gasteiger charge is -2.06. The molecule has 0 saturated carbocycles. The SMILES string of the molecule is CCCCCCCCCCOc1ccc2nc(N=Nc3ccc(OCCC)cc3)sc2c1. The molecule has 0 radical (unpaired) electrons. The molecule has 0 bridgehead atoms. The maximum Gasteiger partial charge on any atom is 0.231 e. The number of hydrogen-bond donors (Lipinski definition) is 0. The van der Waals surface area contributed by atoms with Crippen LogP contribution in [0.4, 0.5) is 10.8 Å². The fraction of sp³-hybridized carbons (Fsp3) is 0.500. The normalized spacial score (nSPS) is 11.4. The summed E-state index contributed by atoms with van der Waals surface area (Å²) in [6.07, 6.45) is 11.4. The summed E-state index contributed by atoms with van der Waals surface area (Å²) >= 11 is 1.53. The largest absolute Gasteiger partial charge is 0.494 e. The van der Waals surface area contributed by atoms with Crippen LogP contribution in [0.1, 0.15) is 71.6 Å². The number of nitrogens with zero attached hydrogens (tertiary/aromatic N) is 3. The number of hydrogen-bond acceptors (Lipinski definition) is 6. The van der Waals surface area contributed by atoms with Gasteiger partial charge in [0.25, 0.3) is 0 Å². The smallest absolute Gasteiger partial charge is 0.231 e. The van der Waals surface area contributed by atoms with Crippen molar-refractivity contribution in [2.24, 2.45) is 10.2 Å². The predicted octanol–water partition coefficient (Wildman–Crippen LogP) is 9.02. The summed E-state index contributed by atoms with van der Waals surface area (Å²) in [6.45, 7) is 5.84. The highest BCUT2D eigenvalue weighted by Gasteiger charge is 2.05. The summed E-state index contributed by atoms with van der Waals surface area (Å²) in [5, 5.41) is 9.26. The van der Waals surface area contributed by atoms with Crippen molar-refractivity contribution in [3.05, 3.63) is 42.5 Å². The Morgan fingerprint density at radius 3 is 2.16 bits per heavy atom. The van der Waals surface area contributed by atoms with Crippen molar-refractivity contribution in [2.45, 2.75) is 71.6 Å². The Morgan fingerprint density at radius 1 is 0.719 bits per heavy atom. The van der Waals surface area contributed by atoms with Crippen molar-refractivity contribution < 1.29 is 9.47 Å². The summed E-state index contributed by atoms with van der Waals surface area (Å²) < 4.78 is 12.6. The molecule has 0 aliphatic rings. The highest BCUT2D eigenvalue weighted by atomic mass is 32.1. The number of aromatic nitrogens is 1. The van der Waals surface area contributed by atoms with E-state index in [0.717, 1.165) is 53.5 Å². The molecule has 0 amide bonds. The molecule has 32 heavy (non-hydrogen) atoms. The highest BCUT2D eigenvalue weighted by Crippen LogP contribution is 2.32. The highest BCUT2D eigenvalue weighted by molar-refractivity contribution is 7.21. The lowest BCUT2D eigenvalue weighted by molar-refractivity contribution is 0.304. The molecule has 3 aromatic rings. The number of unbranched alkanes of at least 4 members (excludes halogenated alkanes) is 7. The van der Waals surface area contributed by atoms with E-state index < -0.39 is 0 Å². The van der Waals surface area contributed by atoms with Crippen molar-refractivity contribution >= 4 is 32.4 Å². The van der Waals surface area contributed by atoms with Crippen LogP contribution in [-0.4, -0.2) is 18.2 Å². The minimum atomic E-state index is 0.645. The molecule has 3 rings (SSSR count). The molecule has 2 aromatic carbocycles. The van der Waals surface area contributed by atoms with Crippen LogP contribution < -0.4 is 9.47 Å². The van der Waals surface area contributed by atoms with Crippen LogP contribution in [0.25, 0.3) is 10.2 Å². The zero-order chi connectivity index (χ0) is 22.4. The molecule has 0 saturated heterocycles. The van der Waals surface area contributed by atoms with Gasteiger partial charge in [0.1, 0.15) is 11.5 Å². The van der Waals surface area contributed by atoms with Crippen LogP contribution in [0, 0.1) is 0 Å². The number of azo groups is 1. The molecule has 172 valence electrons. The second kappa shape index (κ2) is 13.8. The van der Waals surface area contributed by atoms with E-state index in [1.807, 2.05) is 36.4 Å². The van der Waals surface area contributed by atoms with E-state index in [-0.39, 0.29) is 0 Å². The minimum absolute atomic E-state index is 0.645. The Balaban J connectivity index is 1.44. The number of rotatable bonds is 15. The second-order valence-corrected chi connectivity index (χ2v) is 9.00. The zero-order valence-electron chi connectivity index (χ0n) is 19.4. The van der Waals surface area contributed by atoms with Gasteiger partial charge in [0.2, 0.25) is 5.13 Å². The number of benzene rings is 2. The van der Waals surface area contributed by atoms with E-state index in [1.54, 1.807) is 0 Å². The molecule has 6 heteroatoms. The van der Waals surface area contributed by atoms with E-state index in [2.05, 4.69) is 35.1 Å². The van der Waals surface area contributed by atoms with Crippen LogP contribution in [0.15, 0.2) is 52.7 Å². The van der Waals surface area contributed by atoms with Gasteiger partial charge in [-0.15, -0.1) is 10.2 Å². The third-order valence-corrected chi connectivity index (χ3v) is 6.08. The first-order chi connectivity index (χ1) is 15.8. The molecule has 1 aromatic heterocycles. The summed E-state index contributed by atoms with van der Waals surface area (Å²) in [5.74, 6) is 1.75. The first-order valence-electron chi connectivity index (χ1n) is 12.0. The maximum atomic E-state index is 5.95. The van der Waals surface area contributed by atoms with E-state index in [0.29, 0.717) is 5.13 Å². The van der Waals surface area contributed by atoms with Crippen molar-refractivity contribution in [1.29, 1.82) is 0 Å². The summed E-state index contributed by atoms with van der Waals surface area (Å²) in [5.41, 5.74) is 1.70. The van der Waals surface area contributed by atoms with Gasteiger partial charge in [0.05, 0.1) is 29.1 Å². The fourth-order valence-electron chi connectivity index (χ4n) is 3.38. The van der Waals surface area contributed by atoms with Crippen LogP contribution in [-0.2, 0) is 0 Å². The quantitative estimate of drug-likeness (QED) is 0.170. The Kier molecular flexibility index (Phi) is 10.5. The first-order valence-corrected chi connectivity index (χ1v) is 12.8. The number of fused-ring (bicyclic) bond motifs is 1. The van der Waals surface area contributed by atoms with Crippen molar-refractivity contribution in [2.75, 3.05) is 13.2 Å². The van der Waals surface area contributed by atoms with Crippen LogP contribution in [0.2, 0.25) is 0 Å². The van der Waals surface area contributed by atoms with E-state index in [1.165, 1.54) is 56.3 Å². The molecule has 0 unspecified atom stereocenters. The van der Waals surface area contributed by atoms with Gasteiger partial charge in [0, 0.05) is 0 Å². The molecule has 0 atom stereocenters. The van der Waals surface area contributed by atoms with Gasteiger partial charge < -0.3 is 9.47 Å². The second-order valence-electron chi connectivity index (χ2n) is 7.99. The Morgan fingerprint density at radius 2 is 1.41 bits per heavy atom. The van der Waals surface area contributed by atoms with Crippen LogP contribution in [0.5, 0.6) is 11.5 Å². The molecule has 0 aliphatic carbocycles. The van der Waals surface area contributed by atoms with Gasteiger partial charge in [-0.25, -0.2) is 4.98 Å². The standard InChI is InChI=1S/C26H35N3O2S/c1-3-5-6-7-8-9-10-11-19-31-23-16-17-24-25(20-23)32-26(27-24)29-28-21-12-14-22(15-13-21)30-18-4-2/h12-17,20H,3-11,18-19H2,1-2H3. The third-order valence-electron chi connectivity index (χ3n) is 5.18. The average molecular weight is 454 g/mol. The number of ether oxygens (including phenoxy) is 2. The zero-order valence-corrected chi connectivity index (χ0v) is 20.2. The molecular weight excluding hydrogens is 418 g/mol. The van der Waals surface area contributed by atoms with E-state index in [9.17, 15) is 0 Å². The topological polar surface area (TPSA) is 56.1 Å². The Labute approximate surface area is 195 Å². The fourth-order valence-corrected chi connectivity index (χ4v) is 4.20. The van der Waals surface area contributed by atoms with Gasteiger partial charge in [-0.3, -0.25) is 0 Å². The molecular formula is C26H35N3O2S. The first kappa shape index (κ1) is 24.2. The van der Waals surface area contributed by atoms with Gasteiger partial charge in [-0.05, 0) is 55.3 Å². The third kappa shape index (κ3) is 8.23.